The predicted octanol–water partition coefficient (Wildman–Crippen LogP) is 1.87. The molecule has 0 heterocycles. The number of aliphatic hydroxyl groups is 3. The van der Waals surface area contributed by atoms with E-state index < -0.39 is 19.2 Å². The number of aliphatic hydroxyl groups excluding tert-OH is 3. The van der Waals surface area contributed by atoms with E-state index in [-0.39, 0.29) is 38.8 Å². The number of phenols is 1. The first-order valence-corrected chi connectivity index (χ1v) is 39.9. The maximum atomic E-state index is 10.8. The van der Waals surface area contributed by atoms with Gasteiger partial charge in [-0.15, -0.1) is 0 Å². The molecule has 2 aromatic carbocycles. The minimum Gasteiger partial charge on any atom is -0.508 e. The lowest BCUT2D eigenvalue weighted by atomic mass is 10.2. The Balaban J connectivity index is -0.00000149. The van der Waals surface area contributed by atoms with Crippen molar-refractivity contribution in [3.63, 3.8) is 0 Å². The van der Waals surface area contributed by atoms with Crippen LogP contribution in [0.4, 0.5) is 0 Å². The highest BCUT2D eigenvalue weighted by Gasteiger charge is 2.03. The predicted molar refractivity (Wildman–Crippen MR) is 394 cm³/mol. The summed E-state index contributed by atoms with van der Waals surface area (Å²) in [6.45, 7) is 24.1. The Labute approximate surface area is 640 Å². The third-order valence-corrected chi connectivity index (χ3v) is 12.4. The highest BCUT2D eigenvalue weighted by Crippen LogP contribution is 2.12. The molecule has 0 bridgehead atoms. The molecule has 0 aliphatic rings. The lowest BCUT2D eigenvalue weighted by Crippen LogP contribution is -2.15. The van der Waals surface area contributed by atoms with Crippen LogP contribution in [-0.4, -0.2) is 401 Å². The van der Waals surface area contributed by atoms with Gasteiger partial charge in [0.05, 0.1) is 349 Å². The summed E-state index contributed by atoms with van der Waals surface area (Å²) in [6.07, 6.45) is 1.92. The standard InChI is InChI=1S/C26H54O15S.C25H52O13.C10H14O3.C7H8O2.CH3ClO2S/c1-29-3-4-30-5-6-31-7-8-32-9-10-33-11-12-34-13-14-35-15-16-36-17-18-37-19-20-38-21-22-39-23-24-40-25-26-41-42(2,27)28;1-27-4-5-29-8-9-31-12-13-33-16-17-35-20-21-37-24-25-38-23-22-36-19-18-34-15-14-32-11-10-30-7-6-28-3-2-26;1-12-6-7-13-10-4-2-9(8-11)3-5-10;8-5-6-1-3-7(9)4-2-6;1-5(2,3)4/h3-26H2,1-2H3;26H,2-25H2,1H3;2-5,11H,6-8H2,1H3;1-4,8-9H,5H2;1H3. The van der Waals surface area contributed by atoms with Gasteiger partial charge in [-0.3, -0.25) is 4.18 Å². The summed E-state index contributed by atoms with van der Waals surface area (Å²) in [6, 6.07) is 13.8. The Morgan fingerprint density at radius 1 is 0.262 bits per heavy atom. The van der Waals surface area contributed by atoms with Gasteiger partial charge in [0.2, 0.25) is 9.05 Å². The van der Waals surface area contributed by atoms with Gasteiger partial charge >= 0.3 is 0 Å². The third-order valence-electron chi connectivity index (χ3n) is 11.8. The van der Waals surface area contributed by atoms with E-state index in [1.807, 2.05) is 24.3 Å². The first-order valence-electron chi connectivity index (χ1n) is 35.4. The lowest BCUT2D eigenvalue weighted by Gasteiger charge is -2.09. The Bertz CT molecular complexity index is 2170. The number of halogens is 1. The highest BCUT2D eigenvalue weighted by atomic mass is 35.7. The van der Waals surface area contributed by atoms with Crippen molar-refractivity contribution in [1.82, 2.24) is 0 Å². The van der Waals surface area contributed by atoms with Crippen LogP contribution in [0.2, 0.25) is 0 Å². The molecule has 38 heteroatoms. The zero-order chi connectivity index (χ0) is 78.8. The van der Waals surface area contributed by atoms with Gasteiger partial charge in [-0.1, -0.05) is 24.3 Å². The summed E-state index contributed by atoms with van der Waals surface area (Å²) in [5.74, 6) is 1.03. The van der Waals surface area contributed by atoms with Crippen LogP contribution in [0.1, 0.15) is 11.1 Å². The van der Waals surface area contributed by atoms with Crippen molar-refractivity contribution >= 4 is 29.9 Å². The molecule has 0 aromatic heterocycles. The Kier molecular flexibility index (Phi) is 93.0. The largest absolute Gasteiger partial charge is 0.508 e. The van der Waals surface area contributed by atoms with E-state index in [0.717, 1.165) is 29.4 Å². The van der Waals surface area contributed by atoms with Crippen LogP contribution in [0.15, 0.2) is 48.5 Å². The normalized spacial score (nSPS) is 11.3. The van der Waals surface area contributed by atoms with Crippen LogP contribution in [0.3, 0.4) is 0 Å². The molecule has 2 rings (SSSR count). The molecule has 0 spiro atoms. The van der Waals surface area contributed by atoms with Gasteiger partial charge < -0.3 is 144 Å². The van der Waals surface area contributed by atoms with Crippen LogP contribution in [0, 0.1) is 0 Å². The zero-order valence-electron chi connectivity index (χ0n) is 64.0. The minimum absolute atomic E-state index is 0.00207. The average Bonchev–Trinajstić information content (AvgIpc) is 0.932. The van der Waals surface area contributed by atoms with E-state index >= 15 is 0 Å². The van der Waals surface area contributed by atoms with Crippen molar-refractivity contribution in [3.05, 3.63) is 59.7 Å². The Morgan fingerprint density at radius 2 is 0.430 bits per heavy atom. The van der Waals surface area contributed by atoms with Gasteiger partial charge in [0.15, 0.2) is 0 Å². The van der Waals surface area contributed by atoms with Crippen LogP contribution >= 0.6 is 10.7 Å². The summed E-state index contributed by atoms with van der Waals surface area (Å²) in [4.78, 5) is 0. The number of ether oxygens (including phenoxy) is 26. The third kappa shape index (κ3) is 105. The molecule has 0 aliphatic heterocycles. The van der Waals surface area contributed by atoms with Crippen molar-refractivity contribution in [2.75, 3.05) is 364 Å². The fourth-order valence-electron chi connectivity index (χ4n) is 6.73. The molecule has 0 unspecified atom stereocenters. The van der Waals surface area contributed by atoms with E-state index in [9.17, 15) is 16.8 Å². The average molecular weight is 1620 g/mol. The highest BCUT2D eigenvalue weighted by molar-refractivity contribution is 8.13. The first-order chi connectivity index (χ1) is 52.2. The molecule has 0 atom stereocenters. The smallest absolute Gasteiger partial charge is 0.264 e. The molecule has 107 heavy (non-hydrogen) atoms. The second kappa shape index (κ2) is 91.9. The fourth-order valence-corrected chi connectivity index (χ4v) is 7.10. The first kappa shape index (κ1) is 108. The van der Waals surface area contributed by atoms with Gasteiger partial charge in [0.25, 0.3) is 10.1 Å². The van der Waals surface area contributed by atoms with E-state index in [2.05, 4.69) is 14.9 Å². The van der Waals surface area contributed by atoms with Crippen LogP contribution in [0.5, 0.6) is 11.5 Å². The Morgan fingerprint density at radius 3 is 0.607 bits per heavy atom. The molecule has 0 saturated carbocycles. The zero-order valence-corrected chi connectivity index (χ0v) is 66.4. The summed E-state index contributed by atoms with van der Waals surface area (Å²) in [5, 5.41) is 34.7. The molecule has 0 amide bonds. The molecule has 2 aromatic rings. The molecule has 636 valence electrons. The molecule has 0 radical (unpaired) electrons. The molecular weight excluding hydrogens is 1490 g/mol. The SMILES string of the molecule is COCCOCCOCCOCCOCCOCCOCCOCCOCCOCCOCCOCCO.COCCOCCOCCOCCOCCOCCOCCOCCOCCOCCOCCOCCOS(C)(=O)=O.COCCOc1ccc(CO)cc1.CS(=O)(=O)Cl.OCc1ccc(O)cc1. The number of hydrogen-bond acceptors (Lipinski definition) is 35. The van der Waals surface area contributed by atoms with Gasteiger partial charge in [0.1, 0.15) is 18.1 Å². The van der Waals surface area contributed by atoms with Gasteiger partial charge in [-0.05, 0) is 35.4 Å². The monoisotopic (exact) mass is 1620 g/mol. The van der Waals surface area contributed by atoms with E-state index in [4.69, 9.17) is 144 Å². The molecule has 35 nitrogen and oxygen atoms in total. The number of aromatic hydroxyl groups is 1. The van der Waals surface area contributed by atoms with Crippen molar-refractivity contribution in [2.45, 2.75) is 13.2 Å². The molecule has 4 N–H and O–H groups in total. The number of phenolic OH excluding ortho intramolecular Hbond substituents is 1. The maximum absolute atomic E-state index is 10.8. The van der Waals surface area contributed by atoms with Crippen molar-refractivity contribution in [1.29, 1.82) is 0 Å². The van der Waals surface area contributed by atoms with E-state index in [1.165, 1.54) is 0 Å². The summed E-state index contributed by atoms with van der Waals surface area (Å²) >= 11 is 0. The lowest BCUT2D eigenvalue weighted by molar-refractivity contribution is -0.0283. The molecule has 0 saturated heterocycles. The van der Waals surface area contributed by atoms with Crippen LogP contribution < -0.4 is 4.74 Å². The van der Waals surface area contributed by atoms with E-state index in [0.29, 0.717) is 311 Å². The van der Waals surface area contributed by atoms with Gasteiger partial charge in [-0.2, -0.15) is 8.42 Å². The van der Waals surface area contributed by atoms with Crippen molar-refractivity contribution in [3.8, 4) is 11.5 Å². The van der Waals surface area contributed by atoms with Crippen LogP contribution in [0.25, 0.3) is 0 Å². The van der Waals surface area contributed by atoms with Gasteiger partial charge in [-0.25, -0.2) is 8.42 Å². The summed E-state index contributed by atoms with van der Waals surface area (Å²) < 4.78 is 183. The number of benzene rings is 2. The summed E-state index contributed by atoms with van der Waals surface area (Å²) in [5.41, 5.74) is 1.70. The second-order valence-electron chi connectivity index (χ2n) is 20.9. The molecular formula is C69H131ClO35S2. The number of rotatable bonds is 78. The van der Waals surface area contributed by atoms with Crippen molar-refractivity contribution < 1.29 is 165 Å². The van der Waals surface area contributed by atoms with E-state index in [1.54, 1.807) is 45.6 Å². The Hall–Kier alpha value is -2.93. The number of methoxy groups -OCH3 is 3. The minimum atomic E-state index is -3.42. The fraction of sp³-hybridized carbons (Fsp3) is 0.826. The second-order valence-corrected chi connectivity index (χ2v) is 25.5. The molecule has 0 aliphatic carbocycles. The maximum Gasteiger partial charge on any atom is 0.264 e. The number of hydrogen-bond donors (Lipinski definition) is 4. The van der Waals surface area contributed by atoms with Crippen molar-refractivity contribution in [2.24, 2.45) is 0 Å². The topological polar surface area (TPSA) is 398 Å². The summed E-state index contributed by atoms with van der Waals surface area (Å²) in [7, 11) is 2.81. The van der Waals surface area contributed by atoms with Gasteiger partial charge in [0, 0.05) is 32.0 Å². The molecule has 0 fully saturated rings. The van der Waals surface area contributed by atoms with Crippen LogP contribution in [-0.2, 0) is 155 Å². The quantitative estimate of drug-likeness (QED) is 0.0417.